The van der Waals surface area contributed by atoms with Crippen LogP contribution in [0.2, 0.25) is 0 Å². The number of aldehydes is 1. The minimum Gasteiger partial charge on any atom is -0.454 e. The van der Waals surface area contributed by atoms with E-state index >= 15 is 0 Å². The molecule has 0 aliphatic rings. The molecule has 0 aliphatic heterocycles. The summed E-state index contributed by atoms with van der Waals surface area (Å²) in [7, 11) is 0. The predicted molar refractivity (Wildman–Crippen MR) is 63.0 cm³/mol. The van der Waals surface area contributed by atoms with E-state index in [4.69, 9.17) is 10.00 Å². The molecular formula is C14H7F2NO2. The van der Waals surface area contributed by atoms with Gasteiger partial charge in [0.2, 0.25) is 0 Å². The Labute approximate surface area is 107 Å². The molecule has 0 fully saturated rings. The first kappa shape index (κ1) is 12.7. The number of ether oxygens (including phenoxy) is 1. The van der Waals surface area contributed by atoms with Crippen LogP contribution in [0.5, 0.6) is 11.5 Å². The average Bonchev–Trinajstić information content (AvgIpc) is 2.40. The second-order valence-corrected chi connectivity index (χ2v) is 3.70. The fraction of sp³-hybridized carbons (Fsp3) is 0. The van der Waals surface area contributed by atoms with Crippen LogP contribution >= 0.6 is 0 Å². The van der Waals surface area contributed by atoms with E-state index in [1.54, 1.807) is 6.07 Å². The maximum absolute atomic E-state index is 13.6. The molecule has 0 radical (unpaired) electrons. The van der Waals surface area contributed by atoms with Crippen molar-refractivity contribution in [3.63, 3.8) is 0 Å². The zero-order valence-electron chi connectivity index (χ0n) is 9.56. The predicted octanol–water partition coefficient (Wildman–Crippen LogP) is 3.44. The highest BCUT2D eigenvalue weighted by Crippen LogP contribution is 2.26. The normalized spacial score (nSPS) is 9.74. The van der Waals surface area contributed by atoms with E-state index in [0.717, 1.165) is 18.2 Å². The summed E-state index contributed by atoms with van der Waals surface area (Å²) in [6.07, 6.45) is 0.503. The summed E-state index contributed by atoms with van der Waals surface area (Å²) in [4.78, 5) is 10.5. The van der Waals surface area contributed by atoms with Crippen LogP contribution in [0.25, 0.3) is 0 Å². The molecule has 0 aliphatic carbocycles. The van der Waals surface area contributed by atoms with Gasteiger partial charge in [-0.15, -0.1) is 0 Å². The summed E-state index contributed by atoms with van der Waals surface area (Å²) >= 11 is 0. The highest BCUT2D eigenvalue weighted by Gasteiger charge is 2.08. The molecule has 0 saturated carbocycles. The monoisotopic (exact) mass is 259 g/mol. The van der Waals surface area contributed by atoms with E-state index in [-0.39, 0.29) is 22.6 Å². The number of nitriles is 1. The van der Waals surface area contributed by atoms with Crippen LogP contribution in [0, 0.1) is 23.0 Å². The molecule has 19 heavy (non-hydrogen) atoms. The molecule has 0 unspecified atom stereocenters. The number of carbonyl (C=O) groups is 1. The highest BCUT2D eigenvalue weighted by molar-refractivity contribution is 5.75. The van der Waals surface area contributed by atoms with Gasteiger partial charge in [-0.1, -0.05) is 0 Å². The number of hydrogen-bond donors (Lipinski definition) is 0. The van der Waals surface area contributed by atoms with Crippen LogP contribution < -0.4 is 4.74 Å². The topological polar surface area (TPSA) is 50.1 Å². The molecule has 0 aromatic heterocycles. The maximum atomic E-state index is 13.6. The molecule has 0 spiro atoms. The third-order valence-corrected chi connectivity index (χ3v) is 2.32. The fourth-order valence-electron chi connectivity index (χ4n) is 1.49. The lowest BCUT2D eigenvalue weighted by Gasteiger charge is -2.07. The molecule has 5 heteroatoms. The second-order valence-electron chi connectivity index (χ2n) is 3.70. The van der Waals surface area contributed by atoms with Gasteiger partial charge >= 0.3 is 0 Å². The minimum atomic E-state index is -0.743. The lowest BCUT2D eigenvalue weighted by Crippen LogP contribution is -1.92. The Morgan fingerprint density at radius 2 is 1.95 bits per heavy atom. The van der Waals surface area contributed by atoms with Gasteiger partial charge in [0.05, 0.1) is 11.6 Å². The fourth-order valence-corrected chi connectivity index (χ4v) is 1.49. The average molecular weight is 259 g/mol. The van der Waals surface area contributed by atoms with Crippen LogP contribution in [0.15, 0.2) is 36.4 Å². The molecule has 0 heterocycles. The van der Waals surface area contributed by atoms with E-state index < -0.39 is 11.6 Å². The van der Waals surface area contributed by atoms with Gasteiger partial charge < -0.3 is 4.74 Å². The van der Waals surface area contributed by atoms with Crippen LogP contribution in [0.3, 0.4) is 0 Å². The van der Waals surface area contributed by atoms with Gasteiger partial charge in [0.1, 0.15) is 17.9 Å². The molecule has 0 saturated heterocycles. The number of benzene rings is 2. The third kappa shape index (κ3) is 2.93. The van der Waals surface area contributed by atoms with E-state index in [2.05, 4.69) is 0 Å². The van der Waals surface area contributed by atoms with Crippen LogP contribution in [0.4, 0.5) is 8.78 Å². The number of carbonyl (C=O) groups excluding carboxylic acids is 1. The van der Waals surface area contributed by atoms with Crippen molar-refractivity contribution in [2.24, 2.45) is 0 Å². The van der Waals surface area contributed by atoms with Gasteiger partial charge in [-0.3, -0.25) is 4.79 Å². The Balaban J connectivity index is 2.33. The van der Waals surface area contributed by atoms with Crippen molar-refractivity contribution in [2.45, 2.75) is 0 Å². The van der Waals surface area contributed by atoms with Gasteiger partial charge in [-0.05, 0) is 30.3 Å². The van der Waals surface area contributed by atoms with Crippen LogP contribution in [0.1, 0.15) is 15.9 Å². The molecular weight excluding hydrogens is 252 g/mol. The number of hydrogen-bond acceptors (Lipinski definition) is 3. The lowest BCUT2D eigenvalue weighted by atomic mass is 10.2. The summed E-state index contributed by atoms with van der Waals surface area (Å²) in [6, 6.07) is 8.77. The van der Waals surface area contributed by atoms with E-state index in [9.17, 15) is 13.6 Å². The van der Waals surface area contributed by atoms with Gasteiger partial charge in [-0.2, -0.15) is 5.26 Å². The van der Waals surface area contributed by atoms with Crippen LogP contribution in [-0.2, 0) is 0 Å². The molecule has 2 rings (SSSR count). The Hall–Kier alpha value is -2.74. The number of rotatable bonds is 3. The first-order valence-electron chi connectivity index (χ1n) is 5.25. The first-order chi connectivity index (χ1) is 9.12. The summed E-state index contributed by atoms with van der Waals surface area (Å²) < 4.78 is 31.9. The summed E-state index contributed by atoms with van der Waals surface area (Å²) in [6.45, 7) is 0. The van der Waals surface area contributed by atoms with Gasteiger partial charge in [0, 0.05) is 11.6 Å². The largest absolute Gasteiger partial charge is 0.454 e. The quantitative estimate of drug-likeness (QED) is 0.793. The van der Waals surface area contributed by atoms with Gasteiger partial charge in [-0.25, -0.2) is 8.78 Å². The molecule has 94 valence electrons. The van der Waals surface area contributed by atoms with Crippen molar-refractivity contribution in [3.8, 4) is 17.6 Å². The molecule has 0 atom stereocenters. The smallest absolute Gasteiger partial charge is 0.166 e. The Morgan fingerprint density at radius 3 is 2.58 bits per heavy atom. The van der Waals surface area contributed by atoms with Gasteiger partial charge in [0.15, 0.2) is 11.6 Å². The number of halogens is 2. The van der Waals surface area contributed by atoms with E-state index in [1.807, 2.05) is 0 Å². The van der Waals surface area contributed by atoms with Crippen molar-refractivity contribution < 1.29 is 18.3 Å². The highest BCUT2D eigenvalue weighted by atomic mass is 19.1. The molecule has 2 aromatic carbocycles. The minimum absolute atomic E-state index is 0.00861. The van der Waals surface area contributed by atoms with Crippen molar-refractivity contribution in [1.82, 2.24) is 0 Å². The second kappa shape index (κ2) is 5.27. The Bertz CT molecular complexity index is 678. The SMILES string of the molecule is N#Cc1cc(F)cc(Oc2ccc(C=O)cc2F)c1. The van der Waals surface area contributed by atoms with E-state index in [0.29, 0.717) is 6.29 Å². The van der Waals surface area contributed by atoms with Crippen LogP contribution in [-0.4, -0.2) is 6.29 Å². The van der Waals surface area contributed by atoms with E-state index in [1.165, 1.54) is 18.2 Å². The molecule has 3 nitrogen and oxygen atoms in total. The van der Waals surface area contributed by atoms with Crippen molar-refractivity contribution in [2.75, 3.05) is 0 Å². The standard InChI is InChI=1S/C14H7F2NO2/c15-11-3-10(7-17)4-12(6-11)19-14-2-1-9(8-18)5-13(14)16/h1-6,8H. The molecule has 2 aromatic rings. The zero-order valence-corrected chi connectivity index (χ0v) is 9.56. The van der Waals surface area contributed by atoms with Gasteiger partial charge in [0.25, 0.3) is 0 Å². The zero-order chi connectivity index (χ0) is 13.8. The lowest BCUT2D eigenvalue weighted by molar-refractivity contribution is 0.112. The number of nitrogens with zero attached hydrogens (tertiary/aromatic N) is 1. The summed E-state index contributed by atoms with van der Waals surface area (Å²) in [5.74, 6) is -1.54. The maximum Gasteiger partial charge on any atom is 0.166 e. The molecule has 0 N–H and O–H groups in total. The third-order valence-electron chi connectivity index (χ3n) is 2.32. The Morgan fingerprint density at radius 1 is 1.16 bits per heavy atom. The summed E-state index contributed by atoms with van der Waals surface area (Å²) in [5, 5.41) is 8.69. The first-order valence-corrected chi connectivity index (χ1v) is 5.25. The van der Waals surface area contributed by atoms with Crippen molar-refractivity contribution in [1.29, 1.82) is 5.26 Å². The molecule has 0 bridgehead atoms. The molecule has 0 amide bonds. The van der Waals surface area contributed by atoms with Crippen molar-refractivity contribution in [3.05, 3.63) is 59.2 Å². The Kier molecular flexibility index (Phi) is 3.53. The summed E-state index contributed by atoms with van der Waals surface area (Å²) in [5.41, 5.74) is 0.238. The van der Waals surface area contributed by atoms with Crippen molar-refractivity contribution >= 4 is 6.29 Å².